The maximum Gasteiger partial charge on any atom is 0.0649 e. The molecule has 2 aliphatic carbocycles. The second-order valence-corrected chi connectivity index (χ2v) is 6.79. The van der Waals surface area contributed by atoms with Gasteiger partial charge in [-0.25, -0.2) is 4.68 Å². The van der Waals surface area contributed by atoms with Crippen LogP contribution in [0.4, 0.5) is 0 Å². The van der Waals surface area contributed by atoms with Crippen LogP contribution >= 0.6 is 15.9 Å². The van der Waals surface area contributed by atoms with Gasteiger partial charge in [0.2, 0.25) is 0 Å². The number of benzene rings is 1. The van der Waals surface area contributed by atoms with Crippen LogP contribution in [0.25, 0.3) is 5.69 Å². The molecule has 20 heavy (non-hydrogen) atoms. The molecule has 1 aromatic heterocycles. The lowest BCUT2D eigenvalue weighted by Crippen LogP contribution is -2.16. The van der Waals surface area contributed by atoms with Crippen molar-refractivity contribution >= 4 is 15.9 Å². The smallest absolute Gasteiger partial charge is 0.0649 e. The third-order valence-electron chi connectivity index (χ3n) is 4.08. The first-order valence-electron chi connectivity index (χ1n) is 7.37. The van der Waals surface area contributed by atoms with Crippen LogP contribution in [-0.4, -0.2) is 15.8 Å². The van der Waals surface area contributed by atoms with Crippen molar-refractivity contribution in [3.05, 3.63) is 46.2 Å². The summed E-state index contributed by atoms with van der Waals surface area (Å²) in [5, 5.41) is 8.25. The van der Waals surface area contributed by atoms with Gasteiger partial charge in [0.15, 0.2) is 0 Å². The molecule has 0 radical (unpaired) electrons. The minimum atomic E-state index is 0.706. The van der Waals surface area contributed by atoms with Crippen molar-refractivity contribution in [3.8, 4) is 5.69 Å². The lowest BCUT2D eigenvalue weighted by Gasteiger charge is -2.09. The standard InChI is InChI=1S/C16H18BrN3/c17-13-3-7-15(8-4-13)20-16(11-1-2-11)12(10-19-20)9-18-14-5-6-14/h3-4,7-8,10-11,14,18H,1-2,5-6,9H2. The lowest BCUT2D eigenvalue weighted by molar-refractivity contribution is 0.679. The number of halogens is 1. The predicted octanol–water partition coefficient (Wildman–Crippen LogP) is 3.76. The fourth-order valence-corrected chi connectivity index (χ4v) is 2.91. The van der Waals surface area contributed by atoms with Crippen LogP contribution in [0.1, 0.15) is 42.9 Å². The van der Waals surface area contributed by atoms with Crippen molar-refractivity contribution in [2.75, 3.05) is 0 Å². The van der Waals surface area contributed by atoms with Crippen LogP contribution in [0.15, 0.2) is 34.9 Å². The molecule has 1 aromatic carbocycles. The van der Waals surface area contributed by atoms with Gasteiger partial charge in [0.1, 0.15) is 0 Å². The first kappa shape index (κ1) is 12.6. The van der Waals surface area contributed by atoms with Crippen LogP contribution in [0.2, 0.25) is 0 Å². The molecule has 0 atom stereocenters. The Kier molecular flexibility index (Phi) is 3.15. The summed E-state index contributed by atoms with van der Waals surface area (Å²) in [6.45, 7) is 0.965. The Morgan fingerprint density at radius 3 is 2.55 bits per heavy atom. The topological polar surface area (TPSA) is 29.9 Å². The van der Waals surface area contributed by atoms with Gasteiger partial charge in [-0.15, -0.1) is 0 Å². The summed E-state index contributed by atoms with van der Waals surface area (Å²) in [5.74, 6) is 0.706. The first-order valence-corrected chi connectivity index (χ1v) is 8.16. The van der Waals surface area contributed by atoms with E-state index in [1.807, 2.05) is 6.20 Å². The summed E-state index contributed by atoms with van der Waals surface area (Å²) in [6, 6.07) is 9.16. The van der Waals surface area contributed by atoms with Gasteiger partial charge in [0.25, 0.3) is 0 Å². The summed E-state index contributed by atoms with van der Waals surface area (Å²) < 4.78 is 3.24. The number of nitrogens with zero attached hydrogens (tertiary/aromatic N) is 2. The average Bonchev–Trinajstić information content (AvgIpc) is 3.37. The molecule has 4 rings (SSSR count). The van der Waals surface area contributed by atoms with E-state index in [1.165, 1.54) is 36.9 Å². The normalized spacial score (nSPS) is 18.4. The maximum atomic E-state index is 4.64. The van der Waals surface area contributed by atoms with E-state index in [0.29, 0.717) is 5.92 Å². The fourth-order valence-electron chi connectivity index (χ4n) is 2.65. The summed E-state index contributed by atoms with van der Waals surface area (Å²) >= 11 is 3.49. The van der Waals surface area contributed by atoms with Crippen LogP contribution in [-0.2, 0) is 6.54 Å². The Morgan fingerprint density at radius 1 is 1.15 bits per heavy atom. The highest BCUT2D eigenvalue weighted by atomic mass is 79.9. The van der Waals surface area contributed by atoms with Crippen LogP contribution < -0.4 is 5.32 Å². The highest BCUT2D eigenvalue weighted by molar-refractivity contribution is 9.10. The van der Waals surface area contributed by atoms with Crippen molar-refractivity contribution in [1.82, 2.24) is 15.1 Å². The minimum absolute atomic E-state index is 0.706. The summed E-state index contributed by atoms with van der Waals surface area (Å²) in [7, 11) is 0. The Hall–Kier alpha value is -1.13. The fraction of sp³-hybridized carbons (Fsp3) is 0.438. The zero-order valence-corrected chi connectivity index (χ0v) is 12.9. The van der Waals surface area contributed by atoms with Crippen molar-refractivity contribution in [2.24, 2.45) is 0 Å². The molecule has 1 heterocycles. The number of hydrogen-bond acceptors (Lipinski definition) is 2. The molecular formula is C16H18BrN3. The van der Waals surface area contributed by atoms with E-state index >= 15 is 0 Å². The minimum Gasteiger partial charge on any atom is -0.310 e. The molecule has 0 bridgehead atoms. The highest BCUT2D eigenvalue weighted by Crippen LogP contribution is 2.42. The van der Waals surface area contributed by atoms with Crippen LogP contribution in [0.5, 0.6) is 0 Å². The molecule has 0 saturated heterocycles. The second-order valence-electron chi connectivity index (χ2n) is 5.87. The van der Waals surface area contributed by atoms with E-state index in [9.17, 15) is 0 Å². The van der Waals surface area contributed by atoms with Crippen molar-refractivity contribution in [1.29, 1.82) is 0 Å². The molecule has 1 N–H and O–H groups in total. The van der Waals surface area contributed by atoms with Gasteiger partial charge in [-0.1, -0.05) is 15.9 Å². The Morgan fingerprint density at radius 2 is 1.90 bits per heavy atom. The van der Waals surface area contributed by atoms with Crippen LogP contribution in [0, 0.1) is 0 Å². The molecule has 4 heteroatoms. The SMILES string of the molecule is Brc1ccc(-n2ncc(CNC3CC3)c2C2CC2)cc1. The average molecular weight is 332 g/mol. The monoisotopic (exact) mass is 331 g/mol. The zero-order chi connectivity index (χ0) is 13.5. The largest absolute Gasteiger partial charge is 0.310 e. The summed E-state index contributed by atoms with van der Waals surface area (Å²) in [4.78, 5) is 0. The molecule has 2 aliphatic rings. The van der Waals surface area contributed by atoms with Gasteiger partial charge in [0, 0.05) is 28.5 Å². The van der Waals surface area contributed by atoms with Crippen molar-refractivity contribution in [3.63, 3.8) is 0 Å². The van der Waals surface area contributed by atoms with Gasteiger partial charge in [-0.05, 0) is 49.9 Å². The van der Waals surface area contributed by atoms with Gasteiger partial charge < -0.3 is 5.32 Å². The van der Waals surface area contributed by atoms with E-state index in [0.717, 1.165) is 22.7 Å². The Bertz CT molecular complexity index is 609. The molecule has 2 aromatic rings. The summed E-state index contributed by atoms with van der Waals surface area (Å²) in [6.07, 6.45) is 7.32. The molecule has 3 nitrogen and oxygen atoms in total. The second kappa shape index (κ2) is 5.01. The van der Waals surface area contributed by atoms with Crippen LogP contribution in [0.3, 0.4) is 0 Å². The quantitative estimate of drug-likeness (QED) is 0.903. The number of hydrogen-bond donors (Lipinski definition) is 1. The van der Waals surface area contributed by atoms with E-state index in [2.05, 4.69) is 55.3 Å². The molecule has 2 fully saturated rings. The van der Waals surface area contributed by atoms with E-state index in [-0.39, 0.29) is 0 Å². The third kappa shape index (κ3) is 2.54. The number of rotatable bonds is 5. The highest BCUT2D eigenvalue weighted by Gasteiger charge is 2.31. The van der Waals surface area contributed by atoms with E-state index in [4.69, 9.17) is 0 Å². The van der Waals surface area contributed by atoms with Gasteiger partial charge in [0.05, 0.1) is 17.6 Å². The molecular weight excluding hydrogens is 314 g/mol. The van der Waals surface area contributed by atoms with E-state index in [1.54, 1.807) is 0 Å². The lowest BCUT2D eigenvalue weighted by atomic mass is 10.1. The van der Waals surface area contributed by atoms with Crippen molar-refractivity contribution in [2.45, 2.75) is 44.2 Å². The molecule has 0 unspecified atom stereocenters. The molecule has 0 spiro atoms. The van der Waals surface area contributed by atoms with Crippen molar-refractivity contribution < 1.29 is 0 Å². The van der Waals surface area contributed by atoms with E-state index < -0.39 is 0 Å². The maximum absolute atomic E-state index is 4.64. The number of aromatic nitrogens is 2. The number of nitrogens with one attached hydrogen (secondary N) is 1. The van der Waals surface area contributed by atoms with Gasteiger partial charge in [-0.2, -0.15) is 5.10 Å². The molecule has 2 saturated carbocycles. The Labute approximate surface area is 127 Å². The first-order chi connectivity index (χ1) is 9.81. The molecule has 0 amide bonds. The van der Waals surface area contributed by atoms with Gasteiger partial charge >= 0.3 is 0 Å². The third-order valence-corrected chi connectivity index (χ3v) is 4.61. The molecule has 104 valence electrons. The predicted molar refractivity (Wildman–Crippen MR) is 83.1 cm³/mol. The van der Waals surface area contributed by atoms with Gasteiger partial charge in [-0.3, -0.25) is 0 Å². The zero-order valence-electron chi connectivity index (χ0n) is 11.3. The Balaban J connectivity index is 1.65. The molecule has 0 aliphatic heterocycles. The summed E-state index contributed by atoms with van der Waals surface area (Å²) in [5.41, 5.74) is 3.95.